The highest BCUT2D eigenvalue weighted by molar-refractivity contribution is 8.18. The van der Waals surface area contributed by atoms with Gasteiger partial charge in [-0.3, -0.25) is 9.55 Å². The molecule has 2 saturated carbocycles. The maximum atomic E-state index is 6.96. The fraction of sp³-hybridized carbons (Fsp3) is 0.316. The number of imidazole rings is 1. The van der Waals surface area contributed by atoms with Crippen molar-refractivity contribution in [1.82, 2.24) is 14.5 Å². The summed E-state index contributed by atoms with van der Waals surface area (Å²) in [4.78, 5) is 11.9. The molecule has 8 rings (SSSR count). The number of nitrogens with zero attached hydrogens (tertiary/aromatic N) is 3. The highest BCUT2D eigenvalue weighted by Gasteiger charge is 2.40. The second-order valence-corrected chi connectivity index (χ2v) is 18.8. The molecule has 222 valence electrons. The van der Waals surface area contributed by atoms with Crippen molar-refractivity contribution in [2.45, 2.75) is 75.5 Å². The quantitative estimate of drug-likeness (QED) is 0.171. The minimum atomic E-state index is -1.85. The van der Waals surface area contributed by atoms with Gasteiger partial charge in [0.1, 0.15) is 0 Å². The predicted octanol–water partition coefficient (Wildman–Crippen LogP) is 10.7. The highest BCUT2D eigenvalue weighted by Crippen LogP contribution is 2.62. The van der Waals surface area contributed by atoms with E-state index in [9.17, 15) is 0 Å². The summed E-state index contributed by atoms with van der Waals surface area (Å²) in [5.41, 5.74) is 8.22. The molecule has 3 nitrogen and oxygen atoms in total. The molecule has 2 aliphatic carbocycles. The lowest BCUT2D eigenvalue weighted by Crippen LogP contribution is -2.30. The van der Waals surface area contributed by atoms with Gasteiger partial charge in [0.05, 0.1) is 21.3 Å². The lowest BCUT2D eigenvalue weighted by atomic mass is 9.99. The summed E-state index contributed by atoms with van der Waals surface area (Å²) in [5.74, 6) is 0.984. The average molecular weight is 632 g/mol. The number of aromatic nitrogens is 3. The van der Waals surface area contributed by atoms with Crippen LogP contribution in [0.15, 0.2) is 97.2 Å². The molecule has 0 unspecified atom stereocenters. The molecule has 0 radical (unpaired) electrons. The van der Waals surface area contributed by atoms with Crippen molar-refractivity contribution in [2.24, 2.45) is 0 Å². The summed E-state index contributed by atoms with van der Waals surface area (Å²) in [6.07, 6.45) is 15.4. The lowest BCUT2D eigenvalue weighted by molar-refractivity contribution is 0.486. The molecule has 3 aromatic carbocycles. The first kappa shape index (κ1) is 28.4. The van der Waals surface area contributed by atoms with Gasteiger partial charge in [0, 0.05) is 33.6 Å². The van der Waals surface area contributed by atoms with E-state index in [2.05, 4.69) is 102 Å². The third-order valence-corrected chi connectivity index (χ3v) is 17.7. The van der Waals surface area contributed by atoms with Crippen molar-refractivity contribution >= 4 is 55.7 Å². The maximum absolute atomic E-state index is 6.96. The van der Waals surface area contributed by atoms with Crippen LogP contribution in [0.5, 0.6) is 0 Å². The zero-order valence-electron chi connectivity index (χ0n) is 25.1. The van der Waals surface area contributed by atoms with Crippen LogP contribution in [0, 0.1) is 0 Å². The molecule has 0 bridgehead atoms. The number of hydrogen-bond acceptors (Lipinski definition) is 4. The molecule has 3 heterocycles. The van der Waals surface area contributed by atoms with E-state index >= 15 is 0 Å². The molecular weight excluding hydrogens is 594 g/mol. The van der Waals surface area contributed by atoms with E-state index in [1.165, 1.54) is 95.7 Å². The lowest BCUT2D eigenvalue weighted by Gasteiger charge is -2.41. The van der Waals surface area contributed by atoms with Gasteiger partial charge in [-0.1, -0.05) is 111 Å². The zero-order chi connectivity index (χ0) is 29.5. The molecule has 2 aliphatic rings. The van der Waals surface area contributed by atoms with Gasteiger partial charge >= 0.3 is 0 Å². The number of rotatable bonds is 6. The van der Waals surface area contributed by atoms with Gasteiger partial charge in [0.2, 0.25) is 0 Å². The highest BCUT2D eigenvalue weighted by atomic mass is 32.4. The SMILES string of the molecule is S=P(c1cc2sc(-c3nc4ccccc4n3-c3ccccc3)c(-c3ccccc3)c2cn1)(C1CCCCC1)C1CCCCC1. The minimum absolute atomic E-state index is 0.648. The standard InChI is InChI=1S/C38H38N3PS2/c43-42(29-19-9-3-10-20-29,30-21-11-4-12-22-30)35-25-34-31(26-39-35)36(27-15-5-1-6-16-27)37(44-34)38-40-32-23-13-14-24-33(32)41(38)28-17-7-2-8-18-28/h1-2,5-8,13-18,23-26,29-30H,3-4,9-12,19-22H2. The van der Waals surface area contributed by atoms with Crippen LogP contribution in [-0.4, -0.2) is 25.9 Å². The zero-order valence-corrected chi connectivity index (χ0v) is 27.6. The molecule has 0 N–H and O–H groups in total. The first-order valence-electron chi connectivity index (χ1n) is 16.3. The number of thiophene rings is 1. The van der Waals surface area contributed by atoms with E-state index in [-0.39, 0.29) is 0 Å². The Balaban J connectivity index is 1.36. The van der Waals surface area contributed by atoms with Crippen molar-refractivity contribution in [2.75, 3.05) is 0 Å². The Morgan fingerprint density at radius 3 is 2.02 bits per heavy atom. The summed E-state index contributed by atoms with van der Waals surface area (Å²) in [6, 6.07) is 30.5. The monoisotopic (exact) mass is 631 g/mol. The third-order valence-electron chi connectivity index (χ3n) is 9.99. The van der Waals surface area contributed by atoms with Crippen molar-refractivity contribution in [3.63, 3.8) is 0 Å². The Morgan fingerprint density at radius 1 is 0.727 bits per heavy atom. The van der Waals surface area contributed by atoms with Crippen molar-refractivity contribution in [1.29, 1.82) is 0 Å². The van der Waals surface area contributed by atoms with E-state index in [1.54, 1.807) is 0 Å². The van der Waals surface area contributed by atoms with Gasteiger partial charge < -0.3 is 0 Å². The van der Waals surface area contributed by atoms with Crippen LogP contribution in [0.2, 0.25) is 0 Å². The Kier molecular flexibility index (Phi) is 7.74. The van der Waals surface area contributed by atoms with E-state index in [4.69, 9.17) is 21.8 Å². The second kappa shape index (κ2) is 12.0. The number of hydrogen-bond donors (Lipinski definition) is 0. The van der Waals surface area contributed by atoms with Gasteiger partial charge in [-0.15, -0.1) is 11.3 Å². The molecule has 2 fully saturated rings. The van der Waals surface area contributed by atoms with E-state index in [0.29, 0.717) is 11.3 Å². The van der Waals surface area contributed by atoms with Crippen LogP contribution >= 0.6 is 17.4 Å². The predicted molar refractivity (Wildman–Crippen MR) is 193 cm³/mol. The van der Waals surface area contributed by atoms with Gasteiger partial charge in [-0.2, -0.15) is 0 Å². The Hall–Kier alpha value is -3.11. The Labute approximate surface area is 269 Å². The van der Waals surface area contributed by atoms with Gasteiger partial charge in [0.25, 0.3) is 0 Å². The summed E-state index contributed by atoms with van der Waals surface area (Å²) >= 11 is 8.83. The van der Waals surface area contributed by atoms with Crippen molar-refractivity contribution < 1.29 is 0 Å². The van der Waals surface area contributed by atoms with Crippen LogP contribution in [0.3, 0.4) is 0 Å². The summed E-state index contributed by atoms with van der Waals surface area (Å²) in [5, 5.41) is 1.21. The van der Waals surface area contributed by atoms with Crippen LogP contribution in [0.25, 0.3) is 48.6 Å². The molecule has 6 aromatic rings. The van der Waals surface area contributed by atoms with Gasteiger partial charge in [-0.05, 0) is 72.9 Å². The Bertz CT molecular complexity index is 1940. The fourth-order valence-electron chi connectivity index (χ4n) is 7.84. The number of para-hydroxylation sites is 3. The fourth-order valence-corrected chi connectivity index (χ4v) is 14.9. The van der Waals surface area contributed by atoms with Crippen LogP contribution in [0.4, 0.5) is 0 Å². The largest absolute Gasteiger partial charge is 0.292 e. The van der Waals surface area contributed by atoms with Crippen LogP contribution < -0.4 is 5.44 Å². The van der Waals surface area contributed by atoms with Gasteiger partial charge in [-0.25, -0.2) is 4.98 Å². The smallest absolute Gasteiger partial charge is 0.156 e. The van der Waals surface area contributed by atoms with Crippen molar-refractivity contribution in [3.05, 3.63) is 97.2 Å². The second-order valence-electron chi connectivity index (χ2n) is 12.6. The van der Waals surface area contributed by atoms with Crippen LogP contribution in [-0.2, 0) is 11.8 Å². The molecule has 0 atom stereocenters. The van der Waals surface area contributed by atoms with E-state index in [0.717, 1.165) is 22.5 Å². The third kappa shape index (κ3) is 4.89. The number of fused-ring (bicyclic) bond motifs is 2. The molecule has 6 heteroatoms. The molecule has 0 aliphatic heterocycles. The first-order valence-corrected chi connectivity index (χ1v) is 20.1. The first-order chi connectivity index (χ1) is 21.7. The molecule has 0 amide bonds. The average Bonchev–Trinajstić information content (AvgIpc) is 3.68. The van der Waals surface area contributed by atoms with E-state index < -0.39 is 6.04 Å². The van der Waals surface area contributed by atoms with E-state index in [1.807, 2.05) is 11.3 Å². The minimum Gasteiger partial charge on any atom is -0.292 e. The maximum Gasteiger partial charge on any atom is 0.156 e. The molecule has 0 saturated heterocycles. The number of benzene rings is 3. The summed E-state index contributed by atoms with van der Waals surface area (Å²) in [6.45, 7) is 0. The topological polar surface area (TPSA) is 30.7 Å². The normalized spacial score (nSPS) is 17.0. The summed E-state index contributed by atoms with van der Waals surface area (Å²) in [7, 11) is 0. The molecule has 44 heavy (non-hydrogen) atoms. The molecule has 3 aromatic heterocycles. The summed E-state index contributed by atoms with van der Waals surface area (Å²) < 4.78 is 3.62. The molecular formula is C38H38N3PS2. The molecule has 0 spiro atoms. The van der Waals surface area contributed by atoms with Crippen molar-refractivity contribution in [3.8, 4) is 27.5 Å². The van der Waals surface area contributed by atoms with Crippen LogP contribution in [0.1, 0.15) is 64.2 Å². The number of pyridine rings is 1. The Morgan fingerprint density at radius 2 is 1.34 bits per heavy atom. The van der Waals surface area contributed by atoms with Gasteiger partial charge in [0.15, 0.2) is 5.82 Å².